The molecule has 2 rings (SSSR count). The largest absolute Gasteiger partial charge is 0.478 e. The smallest absolute Gasteiger partial charge is 0.338 e. The molecule has 0 aromatic carbocycles. The Hall–Kier alpha value is -1.60. The Labute approximate surface area is 114 Å². The number of carbonyl (C=O) groups is 2. The molecule has 104 valence electrons. The molecule has 1 aliphatic rings. The van der Waals surface area contributed by atoms with Crippen molar-refractivity contribution in [2.45, 2.75) is 31.9 Å². The van der Waals surface area contributed by atoms with E-state index in [9.17, 15) is 9.59 Å². The number of carboxylic acids is 1. The minimum Gasteiger partial charge on any atom is -0.478 e. The lowest BCUT2D eigenvalue weighted by Crippen LogP contribution is -2.49. The van der Waals surface area contributed by atoms with Crippen LogP contribution in [0.15, 0.2) is 11.4 Å². The third kappa shape index (κ3) is 3.45. The zero-order valence-electron chi connectivity index (χ0n) is 10.5. The molecule has 0 spiro atoms. The van der Waals surface area contributed by atoms with Crippen LogP contribution in [0.4, 0.5) is 9.80 Å². The van der Waals surface area contributed by atoms with E-state index in [1.165, 1.54) is 17.4 Å². The van der Waals surface area contributed by atoms with Crippen LogP contribution in [0.1, 0.15) is 30.1 Å². The van der Waals surface area contributed by atoms with Crippen LogP contribution in [0.2, 0.25) is 0 Å². The number of hydrogen-bond acceptors (Lipinski definition) is 4. The third-order valence-electron chi connectivity index (χ3n) is 2.96. The van der Waals surface area contributed by atoms with Crippen molar-refractivity contribution in [1.82, 2.24) is 5.32 Å². The van der Waals surface area contributed by atoms with Crippen molar-refractivity contribution in [1.29, 1.82) is 0 Å². The van der Waals surface area contributed by atoms with E-state index in [0.717, 1.165) is 12.8 Å². The maximum Gasteiger partial charge on any atom is 0.338 e. The van der Waals surface area contributed by atoms with Gasteiger partial charge in [0.05, 0.1) is 11.7 Å². The molecule has 2 amide bonds. The molecule has 0 saturated heterocycles. The van der Waals surface area contributed by atoms with Gasteiger partial charge >= 0.3 is 12.0 Å². The lowest BCUT2D eigenvalue weighted by molar-refractivity contribution is -0.00673. The highest BCUT2D eigenvalue weighted by atomic mass is 32.1. The predicted molar refractivity (Wildman–Crippen MR) is 71.9 cm³/mol. The molecule has 0 aliphatic heterocycles. The van der Waals surface area contributed by atoms with Gasteiger partial charge in [-0.25, -0.2) is 9.59 Å². The fraction of sp³-hybridized carbons (Fsp3) is 0.500. The van der Waals surface area contributed by atoms with Gasteiger partial charge in [0.1, 0.15) is 5.00 Å². The fourth-order valence-electron chi connectivity index (χ4n) is 1.95. The molecule has 0 unspecified atom stereocenters. The number of anilines is 1. The van der Waals surface area contributed by atoms with E-state index in [1.54, 1.807) is 5.38 Å². The van der Waals surface area contributed by atoms with Gasteiger partial charge in [-0.2, -0.15) is 0 Å². The van der Waals surface area contributed by atoms with Crippen molar-refractivity contribution in [3.8, 4) is 0 Å². The Bertz CT molecular complexity index is 468. The standard InChI is InChI=1S/C12H16N2O4S/c1-2-18-8-5-7(6-8)13-12(17)14-10-9(11(15)16)3-4-19-10/h3-4,7-8H,2,5-6H2,1H3,(H,15,16)(H2,13,14,17). The number of carboxylic acid groups (broad SMARTS) is 1. The average Bonchev–Trinajstić information content (AvgIpc) is 2.74. The van der Waals surface area contributed by atoms with Crippen LogP contribution >= 0.6 is 11.3 Å². The first-order chi connectivity index (χ1) is 9.10. The molecule has 1 heterocycles. The first-order valence-electron chi connectivity index (χ1n) is 6.10. The van der Waals surface area contributed by atoms with Gasteiger partial charge in [-0.1, -0.05) is 0 Å². The summed E-state index contributed by atoms with van der Waals surface area (Å²) in [5.74, 6) is -1.04. The van der Waals surface area contributed by atoms with Crippen LogP contribution in [0.25, 0.3) is 0 Å². The summed E-state index contributed by atoms with van der Waals surface area (Å²) in [7, 11) is 0. The van der Waals surface area contributed by atoms with E-state index in [1.807, 2.05) is 6.92 Å². The number of ether oxygens (including phenoxy) is 1. The van der Waals surface area contributed by atoms with Crippen LogP contribution < -0.4 is 10.6 Å². The minimum atomic E-state index is -1.04. The zero-order chi connectivity index (χ0) is 13.8. The van der Waals surface area contributed by atoms with Crippen molar-refractivity contribution in [2.24, 2.45) is 0 Å². The number of carbonyl (C=O) groups excluding carboxylic acids is 1. The van der Waals surface area contributed by atoms with E-state index >= 15 is 0 Å². The first kappa shape index (κ1) is 13.8. The summed E-state index contributed by atoms with van der Waals surface area (Å²) in [6.45, 7) is 2.62. The number of urea groups is 1. The molecule has 0 atom stereocenters. The van der Waals surface area contributed by atoms with Gasteiger partial charge in [0.25, 0.3) is 0 Å². The molecule has 6 nitrogen and oxygen atoms in total. The Morgan fingerprint density at radius 1 is 1.53 bits per heavy atom. The summed E-state index contributed by atoms with van der Waals surface area (Å²) >= 11 is 1.19. The molecule has 1 saturated carbocycles. The lowest BCUT2D eigenvalue weighted by Gasteiger charge is -2.35. The minimum absolute atomic E-state index is 0.102. The highest BCUT2D eigenvalue weighted by molar-refractivity contribution is 7.14. The highest BCUT2D eigenvalue weighted by Gasteiger charge is 2.30. The summed E-state index contributed by atoms with van der Waals surface area (Å²) in [6.07, 6.45) is 1.83. The van der Waals surface area contributed by atoms with Gasteiger partial charge in [0.15, 0.2) is 0 Å². The van der Waals surface area contributed by atoms with Gasteiger partial charge in [0.2, 0.25) is 0 Å². The highest BCUT2D eigenvalue weighted by Crippen LogP contribution is 2.25. The van der Waals surface area contributed by atoms with Crippen LogP contribution in [-0.4, -0.2) is 35.9 Å². The molecule has 1 aromatic rings. The Kier molecular flexibility index (Phi) is 4.39. The lowest BCUT2D eigenvalue weighted by atomic mass is 9.89. The maximum atomic E-state index is 11.7. The zero-order valence-corrected chi connectivity index (χ0v) is 11.3. The van der Waals surface area contributed by atoms with Crippen molar-refractivity contribution < 1.29 is 19.4 Å². The van der Waals surface area contributed by atoms with E-state index < -0.39 is 5.97 Å². The first-order valence-corrected chi connectivity index (χ1v) is 6.98. The Balaban J connectivity index is 1.79. The van der Waals surface area contributed by atoms with Gasteiger partial charge in [-0.15, -0.1) is 11.3 Å². The molecule has 19 heavy (non-hydrogen) atoms. The second-order valence-corrected chi connectivity index (χ2v) is 5.23. The molecule has 1 aromatic heterocycles. The number of nitrogens with one attached hydrogen (secondary N) is 2. The summed E-state index contributed by atoms with van der Waals surface area (Å²) in [5, 5.41) is 16.3. The number of rotatable bonds is 5. The van der Waals surface area contributed by atoms with Crippen LogP contribution in [-0.2, 0) is 4.74 Å². The monoisotopic (exact) mass is 284 g/mol. The Morgan fingerprint density at radius 3 is 2.89 bits per heavy atom. The predicted octanol–water partition coefficient (Wildman–Crippen LogP) is 2.14. The van der Waals surface area contributed by atoms with Gasteiger partial charge < -0.3 is 15.2 Å². The number of amides is 2. The molecule has 1 fully saturated rings. The quantitative estimate of drug-likeness (QED) is 0.773. The molecule has 0 radical (unpaired) electrons. The molecule has 1 aliphatic carbocycles. The molecule has 7 heteroatoms. The summed E-state index contributed by atoms with van der Waals surface area (Å²) in [4.78, 5) is 22.6. The van der Waals surface area contributed by atoms with Crippen molar-refractivity contribution in [2.75, 3.05) is 11.9 Å². The molecular formula is C12H16N2O4S. The summed E-state index contributed by atoms with van der Waals surface area (Å²) in [6, 6.07) is 1.20. The van der Waals surface area contributed by atoms with E-state index in [-0.39, 0.29) is 23.7 Å². The third-order valence-corrected chi connectivity index (χ3v) is 3.78. The van der Waals surface area contributed by atoms with Gasteiger partial charge in [0, 0.05) is 12.6 Å². The fourth-order valence-corrected chi connectivity index (χ4v) is 2.73. The van der Waals surface area contributed by atoms with E-state index in [0.29, 0.717) is 11.6 Å². The normalized spacial score (nSPS) is 21.5. The Morgan fingerprint density at radius 2 is 2.26 bits per heavy atom. The second-order valence-electron chi connectivity index (χ2n) is 4.31. The van der Waals surface area contributed by atoms with Crippen molar-refractivity contribution >= 4 is 28.3 Å². The van der Waals surface area contributed by atoms with Crippen molar-refractivity contribution in [3.05, 3.63) is 17.0 Å². The summed E-state index contributed by atoms with van der Waals surface area (Å²) in [5.41, 5.74) is 0.112. The van der Waals surface area contributed by atoms with Crippen LogP contribution in [0.3, 0.4) is 0 Å². The second kappa shape index (κ2) is 6.03. The van der Waals surface area contributed by atoms with Gasteiger partial charge in [-0.05, 0) is 31.2 Å². The molecule has 0 bridgehead atoms. The van der Waals surface area contributed by atoms with Gasteiger partial charge in [-0.3, -0.25) is 5.32 Å². The van der Waals surface area contributed by atoms with Crippen molar-refractivity contribution in [3.63, 3.8) is 0 Å². The topological polar surface area (TPSA) is 87.7 Å². The van der Waals surface area contributed by atoms with E-state index in [4.69, 9.17) is 9.84 Å². The van der Waals surface area contributed by atoms with Crippen LogP contribution in [0, 0.1) is 0 Å². The number of aromatic carboxylic acids is 1. The summed E-state index contributed by atoms with van der Waals surface area (Å²) < 4.78 is 5.40. The maximum absolute atomic E-state index is 11.7. The number of thiophene rings is 1. The average molecular weight is 284 g/mol. The van der Waals surface area contributed by atoms with Crippen LogP contribution in [0.5, 0.6) is 0 Å². The number of hydrogen-bond donors (Lipinski definition) is 3. The molecular weight excluding hydrogens is 268 g/mol. The SMILES string of the molecule is CCOC1CC(NC(=O)Nc2sccc2C(=O)O)C1. The van der Waals surface area contributed by atoms with E-state index in [2.05, 4.69) is 10.6 Å². The molecule has 3 N–H and O–H groups in total.